The topological polar surface area (TPSA) is 0 Å². The summed E-state index contributed by atoms with van der Waals surface area (Å²) in [5.41, 5.74) is 6.09. The van der Waals surface area contributed by atoms with Gasteiger partial charge in [-0.15, -0.1) is 0 Å². The Morgan fingerprint density at radius 2 is 1.08 bits per heavy atom. The molecule has 0 nitrogen and oxygen atoms in total. The maximum atomic E-state index is 2.27. The summed E-state index contributed by atoms with van der Waals surface area (Å²) in [4.78, 5) is 0. The molecule has 0 fully saturated rings. The van der Waals surface area contributed by atoms with Crippen molar-refractivity contribution in [1.29, 1.82) is 0 Å². The summed E-state index contributed by atoms with van der Waals surface area (Å²) >= 11 is 0. The first kappa shape index (κ1) is 12.5. The summed E-state index contributed by atoms with van der Waals surface area (Å²) in [6, 6.07) is 0. The minimum absolute atomic E-state index is 0.292. The van der Waals surface area contributed by atoms with Crippen molar-refractivity contribution >= 4 is 0 Å². The normalized spacial score (nSPS) is 13.8. The Morgan fingerprint density at radius 3 is 1.31 bits per heavy atom. The zero-order valence-electron chi connectivity index (χ0n) is 10.5. The third kappa shape index (κ3) is 3.38. The molecule has 0 aromatic rings. The van der Waals surface area contributed by atoms with E-state index in [-0.39, 0.29) is 0 Å². The molecular weight excluding hydrogens is 156 g/mol. The van der Waals surface area contributed by atoms with Gasteiger partial charge >= 0.3 is 0 Å². The van der Waals surface area contributed by atoms with Crippen molar-refractivity contribution in [3.05, 3.63) is 22.3 Å². The monoisotopic (exact) mass is 180 g/mol. The van der Waals surface area contributed by atoms with Gasteiger partial charge < -0.3 is 0 Å². The van der Waals surface area contributed by atoms with Crippen LogP contribution >= 0.6 is 0 Å². The molecule has 0 N–H and O–H groups in total. The lowest BCUT2D eigenvalue weighted by Crippen LogP contribution is -2.09. The number of hydrogen-bond acceptors (Lipinski definition) is 0. The second-order valence-corrected chi connectivity index (χ2v) is 5.12. The molecular formula is C13H24. The van der Waals surface area contributed by atoms with Crippen LogP contribution in [0.15, 0.2) is 22.3 Å². The maximum absolute atomic E-state index is 2.27. The molecule has 0 aliphatic carbocycles. The van der Waals surface area contributed by atoms with Gasteiger partial charge in [0.15, 0.2) is 0 Å². The third-order valence-corrected chi connectivity index (χ3v) is 3.00. The van der Waals surface area contributed by atoms with Gasteiger partial charge in [-0.05, 0) is 51.2 Å². The van der Waals surface area contributed by atoms with E-state index in [2.05, 4.69) is 55.4 Å². The molecule has 0 bridgehead atoms. The van der Waals surface area contributed by atoms with E-state index in [4.69, 9.17) is 0 Å². The molecule has 0 amide bonds. The van der Waals surface area contributed by atoms with Gasteiger partial charge in [0.1, 0.15) is 0 Å². The fourth-order valence-electron chi connectivity index (χ4n) is 1.22. The largest absolute Gasteiger partial charge is 0.0732 e. The Bertz CT molecular complexity index is 240. The second-order valence-electron chi connectivity index (χ2n) is 5.12. The molecule has 0 saturated heterocycles. The first-order valence-corrected chi connectivity index (χ1v) is 5.00. The molecule has 0 unspecified atom stereocenters. The SMILES string of the molecule is CC(C)=C(C)/C(C)=C(/C)C(C)(C)C. The summed E-state index contributed by atoms with van der Waals surface area (Å²) in [6.45, 7) is 17.8. The minimum Gasteiger partial charge on any atom is -0.0732 e. The molecule has 0 saturated carbocycles. The first-order valence-electron chi connectivity index (χ1n) is 5.00. The summed E-state index contributed by atoms with van der Waals surface area (Å²) < 4.78 is 0. The number of allylic oxidation sites excluding steroid dienone is 4. The molecule has 0 aliphatic heterocycles. The lowest BCUT2D eigenvalue weighted by Gasteiger charge is -2.23. The van der Waals surface area contributed by atoms with Crippen molar-refractivity contribution in [3.63, 3.8) is 0 Å². The van der Waals surface area contributed by atoms with E-state index in [0.717, 1.165) is 0 Å². The van der Waals surface area contributed by atoms with E-state index in [0.29, 0.717) is 5.41 Å². The Hall–Kier alpha value is -0.520. The second kappa shape index (κ2) is 4.13. The van der Waals surface area contributed by atoms with Crippen LogP contribution in [-0.2, 0) is 0 Å². The van der Waals surface area contributed by atoms with Crippen LogP contribution in [0.25, 0.3) is 0 Å². The first-order chi connectivity index (χ1) is 5.68. The molecule has 0 rings (SSSR count). The zero-order valence-corrected chi connectivity index (χ0v) is 10.5. The van der Waals surface area contributed by atoms with Crippen LogP contribution in [-0.4, -0.2) is 0 Å². The molecule has 0 aromatic carbocycles. The van der Waals surface area contributed by atoms with Crippen molar-refractivity contribution in [3.8, 4) is 0 Å². The van der Waals surface area contributed by atoms with Gasteiger partial charge in [0.25, 0.3) is 0 Å². The average Bonchev–Trinajstić information content (AvgIpc) is 1.98. The highest BCUT2D eigenvalue weighted by atomic mass is 14.2. The fraction of sp³-hybridized carbons (Fsp3) is 0.692. The van der Waals surface area contributed by atoms with Crippen molar-refractivity contribution < 1.29 is 0 Å². The van der Waals surface area contributed by atoms with E-state index in [1.807, 2.05) is 0 Å². The molecule has 0 spiro atoms. The van der Waals surface area contributed by atoms with Gasteiger partial charge in [0, 0.05) is 0 Å². The molecule has 0 radical (unpaired) electrons. The average molecular weight is 180 g/mol. The van der Waals surface area contributed by atoms with Crippen molar-refractivity contribution in [2.24, 2.45) is 5.41 Å². The Morgan fingerprint density at radius 1 is 0.692 bits per heavy atom. The van der Waals surface area contributed by atoms with Gasteiger partial charge in [0.2, 0.25) is 0 Å². The third-order valence-electron chi connectivity index (χ3n) is 3.00. The lowest BCUT2D eigenvalue weighted by atomic mass is 9.82. The summed E-state index contributed by atoms with van der Waals surface area (Å²) in [7, 11) is 0. The molecule has 0 aliphatic rings. The predicted molar refractivity (Wildman–Crippen MR) is 61.9 cm³/mol. The standard InChI is InChI=1S/C13H24/c1-9(2)10(3)11(4)12(5)13(6,7)8/h1-8H3/b12-11-. The summed E-state index contributed by atoms with van der Waals surface area (Å²) in [6.07, 6.45) is 0. The maximum Gasteiger partial charge on any atom is -0.0170 e. The van der Waals surface area contributed by atoms with Crippen LogP contribution in [0.1, 0.15) is 55.4 Å². The highest BCUT2D eigenvalue weighted by molar-refractivity contribution is 5.35. The zero-order chi connectivity index (χ0) is 10.8. The van der Waals surface area contributed by atoms with E-state index < -0.39 is 0 Å². The Labute approximate surface area is 83.7 Å². The van der Waals surface area contributed by atoms with Crippen molar-refractivity contribution in [2.75, 3.05) is 0 Å². The van der Waals surface area contributed by atoms with E-state index in [1.54, 1.807) is 0 Å². The molecule has 0 heteroatoms. The summed E-state index contributed by atoms with van der Waals surface area (Å²) in [5, 5.41) is 0. The van der Waals surface area contributed by atoms with Gasteiger partial charge in [0.05, 0.1) is 0 Å². The Balaban J connectivity index is 5.18. The molecule has 76 valence electrons. The van der Waals surface area contributed by atoms with Crippen LogP contribution < -0.4 is 0 Å². The minimum atomic E-state index is 0.292. The van der Waals surface area contributed by atoms with Gasteiger partial charge in [-0.3, -0.25) is 0 Å². The predicted octanol–water partition coefficient (Wildman–Crippen LogP) is 4.73. The van der Waals surface area contributed by atoms with Gasteiger partial charge in [-0.2, -0.15) is 0 Å². The van der Waals surface area contributed by atoms with E-state index >= 15 is 0 Å². The van der Waals surface area contributed by atoms with Gasteiger partial charge in [-0.1, -0.05) is 31.9 Å². The Kier molecular flexibility index (Phi) is 3.96. The van der Waals surface area contributed by atoms with Crippen LogP contribution in [0.3, 0.4) is 0 Å². The lowest BCUT2D eigenvalue weighted by molar-refractivity contribution is 0.499. The van der Waals surface area contributed by atoms with Crippen LogP contribution in [0.2, 0.25) is 0 Å². The van der Waals surface area contributed by atoms with Crippen LogP contribution in [0.5, 0.6) is 0 Å². The van der Waals surface area contributed by atoms with Gasteiger partial charge in [-0.25, -0.2) is 0 Å². The van der Waals surface area contributed by atoms with Crippen LogP contribution in [0.4, 0.5) is 0 Å². The summed E-state index contributed by atoms with van der Waals surface area (Å²) in [5.74, 6) is 0. The molecule has 0 atom stereocenters. The highest BCUT2D eigenvalue weighted by Gasteiger charge is 2.15. The number of hydrogen-bond donors (Lipinski definition) is 0. The fourth-order valence-corrected chi connectivity index (χ4v) is 1.22. The van der Waals surface area contributed by atoms with E-state index in [1.165, 1.54) is 22.3 Å². The molecule has 13 heavy (non-hydrogen) atoms. The van der Waals surface area contributed by atoms with Crippen molar-refractivity contribution in [2.45, 2.75) is 55.4 Å². The smallest absolute Gasteiger partial charge is 0.0170 e. The molecule has 0 heterocycles. The quantitative estimate of drug-likeness (QED) is 0.512. The van der Waals surface area contributed by atoms with Crippen molar-refractivity contribution in [1.82, 2.24) is 0 Å². The van der Waals surface area contributed by atoms with Crippen LogP contribution in [0, 0.1) is 5.41 Å². The number of rotatable bonds is 1. The molecule has 0 aromatic heterocycles. The van der Waals surface area contributed by atoms with E-state index in [9.17, 15) is 0 Å². The highest BCUT2D eigenvalue weighted by Crippen LogP contribution is 2.30.